The highest BCUT2D eigenvalue weighted by Crippen LogP contribution is 2.40. The van der Waals surface area contributed by atoms with Crippen molar-refractivity contribution in [3.8, 4) is 0 Å². The maximum atomic E-state index is 13.0. The second-order valence-electron chi connectivity index (χ2n) is 7.75. The number of oxime groups is 1. The van der Waals surface area contributed by atoms with Crippen molar-refractivity contribution in [2.24, 2.45) is 16.2 Å². The van der Waals surface area contributed by atoms with E-state index in [2.05, 4.69) is 24.9 Å². The van der Waals surface area contributed by atoms with Crippen LogP contribution in [0.5, 0.6) is 0 Å². The average molecular weight is 568 g/mol. The van der Waals surface area contributed by atoms with Crippen LogP contribution in [0.1, 0.15) is 12.7 Å². The van der Waals surface area contributed by atoms with Crippen molar-refractivity contribution >= 4 is 59.5 Å². The van der Waals surface area contributed by atoms with Crippen LogP contribution in [-0.4, -0.2) is 61.5 Å². The van der Waals surface area contributed by atoms with Crippen LogP contribution in [-0.2, 0) is 30.3 Å². The first-order valence-electron chi connectivity index (χ1n) is 10.7. The van der Waals surface area contributed by atoms with Gasteiger partial charge in [-0.05, 0) is 6.92 Å². The molecule has 37 heavy (non-hydrogen) atoms. The fraction of sp³-hybridized carbons (Fsp3) is 0.316. The fourth-order valence-corrected chi connectivity index (χ4v) is 6.29. The van der Waals surface area contributed by atoms with Crippen molar-refractivity contribution in [1.82, 2.24) is 19.6 Å². The van der Waals surface area contributed by atoms with Gasteiger partial charge in [-0.3, -0.25) is 35.1 Å². The van der Waals surface area contributed by atoms with E-state index in [9.17, 15) is 24.1 Å². The summed E-state index contributed by atoms with van der Waals surface area (Å²) in [4.78, 5) is 48.1. The molecule has 1 saturated heterocycles. The molecule has 1 fully saturated rings. The van der Waals surface area contributed by atoms with Gasteiger partial charge in [-0.25, -0.2) is 4.57 Å². The molecule has 2 aliphatic heterocycles. The lowest BCUT2D eigenvalue weighted by molar-refractivity contribution is -0.689. The second kappa shape index (κ2) is 10.9. The third-order valence-electron chi connectivity index (χ3n) is 5.09. The van der Waals surface area contributed by atoms with Crippen LogP contribution < -0.4 is 31.1 Å². The lowest BCUT2D eigenvalue weighted by Crippen LogP contribution is -2.71. The van der Waals surface area contributed by atoms with Crippen LogP contribution in [0.15, 0.2) is 47.0 Å². The number of anilines is 1. The first-order chi connectivity index (χ1) is 17.6. The fourth-order valence-electron chi connectivity index (χ4n) is 3.59. The number of aliphatic carboxylic acids is 1. The lowest BCUT2D eigenvalue weighted by atomic mass is 10.0. The Labute approximate surface area is 218 Å². The molecule has 4 rings (SSSR count). The molecule has 0 bridgehead atoms. The number of fused-ring (bicyclic) bond motifs is 1. The number of rotatable bonds is 10. The highest BCUT2D eigenvalue weighted by Gasteiger charge is 2.53. The summed E-state index contributed by atoms with van der Waals surface area (Å²) in [5, 5.41) is 19.9. The highest BCUT2D eigenvalue weighted by molar-refractivity contribution is 8.00. The number of carbonyl (C=O) groups excluding carboxylic acids is 3. The Bertz CT molecular complexity index is 1330. The van der Waals surface area contributed by atoms with Crippen molar-refractivity contribution in [1.29, 1.82) is 0 Å². The topological polar surface area (TPSA) is 222 Å². The Kier molecular flexibility index (Phi) is 7.89. The standard InChI is InChI=1S/C19H22N9O6PS2/c1-2-34-24-11(14-23-19(37-26-14)25-35(20,21)33)15(29)22-12-16(30)28-13(18(31)32)10(9-36-17(12)28)8-27-6-4-3-5-7-27/h3-7,12,17H,2,8-9H2,1H3,(H6-,20,21,22,23,25,26,29,31,32,33)/t12?,17-/m1/s1. The summed E-state index contributed by atoms with van der Waals surface area (Å²) in [5.41, 5.74) is 10.5. The molecule has 0 aliphatic carbocycles. The maximum Gasteiger partial charge on any atom is 0.299 e. The lowest BCUT2D eigenvalue weighted by Gasteiger charge is -2.50. The average Bonchev–Trinajstić information content (AvgIpc) is 3.29. The largest absolute Gasteiger partial charge is 0.543 e. The summed E-state index contributed by atoms with van der Waals surface area (Å²) in [6.07, 6.45) is 3.56. The summed E-state index contributed by atoms with van der Waals surface area (Å²) < 4.78 is 17.4. The van der Waals surface area contributed by atoms with Crippen molar-refractivity contribution in [2.75, 3.05) is 17.4 Å². The molecule has 15 nitrogen and oxygen atoms in total. The molecule has 1 unspecified atom stereocenters. The number of aromatic nitrogens is 3. The van der Waals surface area contributed by atoms with Crippen LogP contribution >= 0.6 is 30.9 Å². The first-order valence-corrected chi connectivity index (χ1v) is 14.4. The molecule has 6 N–H and O–H groups in total. The molecule has 2 atom stereocenters. The molecule has 0 saturated carbocycles. The summed E-state index contributed by atoms with van der Waals surface area (Å²) in [5.74, 6) is -2.78. The molecule has 2 aromatic heterocycles. The molecule has 18 heteroatoms. The Morgan fingerprint density at radius 3 is 2.73 bits per heavy atom. The van der Waals surface area contributed by atoms with E-state index in [0.717, 1.165) is 16.4 Å². The normalized spacial score (nSPS) is 19.7. The number of amides is 2. The predicted octanol–water partition coefficient (Wildman–Crippen LogP) is -1.89. The number of pyridine rings is 1. The third kappa shape index (κ3) is 5.97. The van der Waals surface area contributed by atoms with E-state index in [-0.39, 0.29) is 35.5 Å². The molecule has 2 aromatic rings. The maximum absolute atomic E-state index is 13.0. The number of β-lactam (4-membered cyclic amide) rings is 1. The smallest absolute Gasteiger partial charge is 0.299 e. The van der Waals surface area contributed by atoms with Gasteiger partial charge in [0.15, 0.2) is 18.9 Å². The van der Waals surface area contributed by atoms with Crippen molar-refractivity contribution in [2.45, 2.75) is 24.9 Å². The van der Waals surface area contributed by atoms with Gasteiger partial charge in [0, 0.05) is 35.0 Å². The zero-order valence-corrected chi connectivity index (χ0v) is 21.8. The Hall–Kier alpha value is -3.37. The Morgan fingerprint density at radius 2 is 2.08 bits per heavy atom. The van der Waals surface area contributed by atoms with Crippen LogP contribution in [0.2, 0.25) is 0 Å². The number of carboxylic acids is 1. The Balaban J connectivity index is 1.52. The monoisotopic (exact) mass is 567 g/mol. The number of nitrogens with one attached hydrogen (secondary N) is 2. The molecular formula is C19H22N9O6PS2. The SMILES string of the molecule is CCON=C(C(=O)NC1C(=O)N2C(C(=O)[O-])=C(C[n+]3ccccc3)CS[C@H]12)c1nsc(NP(N)(N)=O)n1. The van der Waals surface area contributed by atoms with Gasteiger partial charge in [0.05, 0.1) is 11.7 Å². The van der Waals surface area contributed by atoms with E-state index in [1.807, 2.05) is 6.07 Å². The minimum atomic E-state index is -3.66. The van der Waals surface area contributed by atoms with E-state index in [1.54, 1.807) is 36.0 Å². The number of carbonyl (C=O) groups is 3. The van der Waals surface area contributed by atoms with Crippen molar-refractivity contribution in [3.63, 3.8) is 0 Å². The van der Waals surface area contributed by atoms with Crippen LogP contribution in [0.3, 0.4) is 0 Å². The minimum Gasteiger partial charge on any atom is -0.543 e. The van der Waals surface area contributed by atoms with Gasteiger partial charge >= 0.3 is 0 Å². The highest BCUT2D eigenvalue weighted by atomic mass is 32.2. The molecule has 0 radical (unpaired) electrons. The van der Waals surface area contributed by atoms with Gasteiger partial charge in [-0.1, -0.05) is 11.2 Å². The third-order valence-corrected chi connectivity index (χ3v) is 7.77. The number of nitrogens with zero attached hydrogens (tertiary/aromatic N) is 5. The van der Waals surface area contributed by atoms with Crippen molar-refractivity contribution in [3.05, 3.63) is 47.7 Å². The molecule has 4 heterocycles. The van der Waals surface area contributed by atoms with Gasteiger partial charge in [0.1, 0.15) is 18.0 Å². The minimum absolute atomic E-state index is 0.0124. The number of thioether (sulfide) groups is 1. The number of nitrogens with two attached hydrogens (primary N) is 2. The van der Waals surface area contributed by atoms with Crippen LogP contribution in [0.25, 0.3) is 0 Å². The zero-order valence-electron chi connectivity index (χ0n) is 19.3. The van der Waals surface area contributed by atoms with E-state index < -0.39 is 36.8 Å². The number of hydrogen-bond donors (Lipinski definition) is 4. The van der Waals surface area contributed by atoms with Gasteiger partial charge in [-0.15, -0.1) is 11.8 Å². The van der Waals surface area contributed by atoms with Gasteiger partial charge in [0.25, 0.3) is 19.4 Å². The van der Waals surface area contributed by atoms with Gasteiger partial charge in [0.2, 0.25) is 16.7 Å². The summed E-state index contributed by atoms with van der Waals surface area (Å²) >= 11 is 2.05. The summed E-state index contributed by atoms with van der Waals surface area (Å²) in [6, 6.07) is 4.41. The molecule has 196 valence electrons. The molecule has 0 spiro atoms. The van der Waals surface area contributed by atoms with E-state index >= 15 is 0 Å². The summed E-state index contributed by atoms with van der Waals surface area (Å²) in [7, 11) is -3.66. The molecule has 2 aliphatic rings. The van der Waals surface area contributed by atoms with Crippen molar-refractivity contribution < 1.29 is 33.5 Å². The Morgan fingerprint density at radius 1 is 1.35 bits per heavy atom. The molecule has 0 aromatic carbocycles. The predicted molar refractivity (Wildman–Crippen MR) is 131 cm³/mol. The number of hydrogen-bond acceptors (Lipinski definition) is 11. The van der Waals surface area contributed by atoms with E-state index in [1.165, 1.54) is 11.8 Å². The van der Waals surface area contributed by atoms with E-state index in [4.69, 9.17) is 15.8 Å². The quantitative estimate of drug-likeness (QED) is 0.0813. The zero-order chi connectivity index (χ0) is 26.7. The molecular weight excluding hydrogens is 545 g/mol. The van der Waals surface area contributed by atoms with Gasteiger partial charge in [-0.2, -0.15) is 9.36 Å². The first kappa shape index (κ1) is 26.7. The molecule has 2 amide bonds. The van der Waals surface area contributed by atoms with Gasteiger partial charge < -0.3 is 20.1 Å². The van der Waals surface area contributed by atoms with E-state index in [0.29, 0.717) is 11.3 Å². The summed E-state index contributed by atoms with van der Waals surface area (Å²) in [6.45, 7) is 2.04. The van der Waals surface area contributed by atoms with Crippen LogP contribution in [0, 0.1) is 0 Å². The van der Waals surface area contributed by atoms with Crippen LogP contribution in [0.4, 0.5) is 5.13 Å². The second-order valence-corrected chi connectivity index (χ2v) is 11.2. The number of carboxylic acid groups (broad SMARTS) is 1.